The molecular weight excluding hydrogens is 280 g/mol. The normalized spacial score (nSPS) is 10.2. The number of nitrogens with zero attached hydrogens (tertiary/aromatic N) is 3. The van der Waals surface area contributed by atoms with Gasteiger partial charge in [-0.3, -0.25) is 14.2 Å². The Morgan fingerprint density at radius 3 is 3.05 bits per heavy atom. The Morgan fingerprint density at radius 1 is 1.50 bits per heavy atom. The lowest BCUT2D eigenvalue weighted by Gasteiger charge is -2.07. The van der Waals surface area contributed by atoms with Crippen LogP contribution < -0.4 is 10.9 Å². The highest BCUT2D eigenvalue weighted by molar-refractivity contribution is 6.31. The molecule has 1 heterocycles. The largest absolute Gasteiger partial charge is 0.354 e. The van der Waals surface area contributed by atoms with E-state index in [1.54, 1.807) is 18.2 Å². The third-order valence-corrected chi connectivity index (χ3v) is 2.90. The van der Waals surface area contributed by atoms with E-state index in [9.17, 15) is 9.59 Å². The molecule has 0 unspecified atom stereocenters. The molecule has 7 heteroatoms. The van der Waals surface area contributed by atoms with E-state index in [1.165, 1.54) is 10.9 Å². The molecular formula is C13H11ClN4O2. The highest BCUT2D eigenvalue weighted by Crippen LogP contribution is 2.13. The van der Waals surface area contributed by atoms with Crippen molar-refractivity contribution in [3.8, 4) is 6.07 Å². The van der Waals surface area contributed by atoms with E-state index in [2.05, 4.69) is 10.3 Å². The average molecular weight is 291 g/mol. The third kappa shape index (κ3) is 3.13. The quantitative estimate of drug-likeness (QED) is 0.854. The zero-order valence-electron chi connectivity index (χ0n) is 10.5. The Labute approximate surface area is 119 Å². The average Bonchev–Trinajstić information content (AvgIpc) is 2.42. The smallest absolute Gasteiger partial charge is 0.261 e. The maximum atomic E-state index is 12.2. The summed E-state index contributed by atoms with van der Waals surface area (Å²) in [6.45, 7) is 0.135. The van der Waals surface area contributed by atoms with Crippen molar-refractivity contribution in [3.05, 3.63) is 39.9 Å². The molecule has 1 aromatic carbocycles. The number of benzene rings is 1. The van der Waals surface area contributed by atoms with Gasteiger partial charge in [0.15, 0.2) is 0 Å². The zero-order chi connectivity index (χ0) is 14.5. The number of amides is 1. The molecule has 0 bridgehead atoms. The highest BCUT2D eigenvalue weighted by atomic mass is 35.5. The number of aromatic nitrogens is 2. The Kier molecular flexibility index (Phi) is 4.33. The fourth-order valence-electron chi connectivity index (χ4n) is 1.71. The number of carbonyl (C=O) groups is 1. The lowest BCUT2D eigenvalue weighted by molar-refractivity contribution is -0.121. The minimum Gasteiger partial charge on any atom is -0.354 e. The first-order valence-electron chi connectivity index (χ1n) is 5.90. The summed E-state index contributed by atoms with van der Waals surface area (Å²) < 4.78 is 1.22. The van der Waals surface area contributed by atoms with Crippen LogP contribution in [0, 0.1) is 11.3 Å². The summed E-state index contributed by atoms with van der Waals surface area (Å²) in [7, 11) is 0. The number of rotatable bonds is 4. The zero-order valence-corrected chi connectivity index (χ0v) is 11.2. The topological polar surface area (TPSA) is 87.8 Å². The second-order valence-corrected chi connectivity index (χ2v) is 4.53. The molecule has 0 atom stereocenters. The first-order chi connectivity index (χ1) is 9.61. The van der Waals surface area contributed by atoms with Crippen molar-refractivity contribution in [2.45, 2.75) is 13.0 Å². The molecule has 0 aliphatic carbocycles. The number of hydrogen-bond donors (Lipinski definition) is 1. The molecule has 1 aromatic heterocycles. The predicted molar refractivity (Wildman–Crippen MR) is 74.3 cm³/mol. The highest BCUT2D eigenvalue weighted by Gasteiger charge is 2.08. The predicted octanol–water partition coefficient (Wildman–Crippen LogP) is 1.08. The lowest BCUT2D eigenvalue weighted by atomic mass is 10.2. The molecule has 0 aliphatic rings. The maximum Gasteiger partial charge on any atom is 0.261 e. The van der Waals surface area contributed by atoms with E-state index in [4.69, 9.17) is 16.9 Å². The molecule has 0 saturated carbocycles. The molecule has 102 valence electrons. The van der Waals surface area contributed by atoms with Crippen molar-refractivity contribution in [2.24, 2.45) is 0 Å². The molecule has 0 aliphatic heterocycles. The number of hydrogen-bond acceptors (Lipinski definition) is 4. The molecule has 2 aromatic rings. The van der Waals surface area contributed by atoms with Crippen molar-refractivity contribution in [1.29, 1.82) is 5.26 Å². The number of fused-ring (bicyclic) bond motifs is 1. The molecule has 1 N–H and O–H groups in total. The molecule has 2 rings (SSSR count). The minimum absolute atomic E-state index is 0.129. The first kappa shape index (κ1) is 14.0. The second kappa shape index (κ2) is 6.17. The van der Waals surface area contributed by atoms with Crippen LogP contribution >= 0.6 is 11.6 Å². The van der Waals surface area contributed by atoms with Crippen molar-refractivity contribution < 1.29 is 4.79 Å². The van der Waals surface area contributed by atoms with Crippen LogP contribution in [0.15, 0.2) is 29.3 Å². The van der Waals surface area contributed by atoms with Crippen molar-refractivity contribution >= 4 is 28.4 Å². The van der Waals surface area contributed by atoms with Gasteiger partial charge < -0.3 is 5.32 Å². The van der Waals surface area contributed by atoms with Crippen molar-refractivity contribution in [2.75, 3.05) is 6.54 Å². The van der Waals surface area contributed by atoms with Crippen molar-refractivity contribution in [1.82, 2.24) is 14.9 Å². The summed E-state index contributed by atoms with van der Waals surface area (Å²) in [5, 5.41) is 11.8. The number of nitriles is 1. The fraction of sp³-hybridized carbons (Fsp3) is 0.231. The van der Waals surface area contributed by atoms with E-state index in [-0.39, 0.29) is 31.0 Å². The van der Waals surface area contributed by atoms with Crippen LogP contribution in [-0.4, -0.2) is 22.0 Å². The van der Waals surface area contributed by atoms with Gasteiger partial charge in [0, 0.05) is 11.6 Å². The number of nitrogens with one attached hydrogen (secondary N) is 1. The van der Waals surface area contributed by atoms with E-state index in [0.29, 0.717) is 15.9 Å². The van der Waals surface area contributed by atoms with Crippen LogP contribution in [0.5, 0.6) is 0 Å². The van der Waals surface area contributed by atoms with Crippen molar-refractivity contribution in [3.63, 3.8) is 0 Å². The summed E-state index contributed by atoms with van der Waals surface area (Å²) in [6, 6.07) is 6.69. The van der Waals surface area contributed by atoms with Gasteiger partial charge in [0.05, 0.1) is 29.7 Å². The standard InChI is InChI=1S/C13H11ClN4O2/c14-9-2-3-10-11(6-9)17-8-18(13(10)20)7-12(19)16-5-1-4-15/h2-3,6,8H,1,5,7H2,(H,16,19). The molecule has 0 radical (unpaired) electrons. The SMILES string of the molecule is N#CCCNC(=O)Cn1cnc2cc(Cl)ccc2c1=O. The summed E-state index contributed by atoms with van der Waals surface area (Å²) >= 11 is 5.83. The Hall–Kier alpha value is -2.39. The second-order valence-electron chi connectivity index (χ2n) is 4.10. The monoisotopic (exact) mass is 290 g/mol. The molecule has 20 heavy (non-hydrogen) atoms. The maximum absolute atomic E-state index is 12.2. The fourth-order valence-corrected chi connectivity index (χ4v) is 1.88. The van der Waals surface area contributed by atoms with E-state index >= 15 is 0 Å². The summed E-state index contributed by atoms with van der Waals surface area (Å²) in [6.07, 6.45) is 1.54. The van der Waals surface area contributed by atoms with Crippen LogP contribution in [0.4, 0.5) is 0 Å². The van der Waals surface area contributed by atoms with Crippen LogP contribution in [0.1, 0.15) is 6.42 Å². The summed E-state index contributed by atoms with van der Waals surface area (Å²) in [5.74, 6) is -0.336. The van der Waals surface area contributed by atoms with Gasteiger partial charge in [0.25, 0.3) is 5.56 Å². The van der Waals surface area contributed by atoms with Crippen LogP contribution in [0.25, 0.3) is 10.9 Å². The molecule has 6 nitrogen and oxygen atoms in total. The number of halogens is 1. The molecule has 0 saturated heterocycles. The van der Waals surface area contributed by atoms with Gasteiger partial charge in [0.2, 0.25) is 5.91 Å². The van der Waals surface area contributed by atoms with Gasteiger partial charge in [-0.25, -0.2) is 4.98 Å². The number of carbonyl (C=O) groups excluding carboxylic acids is 1. The van der Waals surface area contributed by atoms with Gasteiger partial charge in [-0.15, -0.1) is 0 Å². The van der Waals surface area contributed by atoms with E-state index in [1.807, 2.05) is 6.07 Å². The van der Waals surface area contributed by atoms with Gasteiger partial charge >= 0.3 is 0 Å². The van der Waals surface area contributed by atoms with E-state index in [0.717, 1.165) is 0 Å². The Bertz CT molecular complexity index is 748. The molecule has 0 fully saturated rings. The third-order valence-electron chi connectivity index (χ3n) is 2.66. The molecule has 1 amide bonds. The summed E-state index contributed by atoms with van der Waals surface area (Å²) in [4.78, 5) is 27.9. The van der Waals surface area contributed by atoms with Gasteiger partial charge in [-0.2, -0.15) is 5.26 Å². The van der Waals surface area contributed by atoms with E-state index < -0.39 is 0 Å². The van der Waals surface area contributed by atoms with Gasteiger partial charge in [0.1, 0.15) is 6.54 Å². The summed E-state index contributed by atoms with van der Waals surface area (Å²) in [5.41, 5.74) is 0.186. The Balaban J connectivity index is 2.22. The van der Waals surface area contributed by atoms with Gasteiger partial charge in [-0.05, 0) is 18.2 Å². The molecule has 0 spiro atoms. The first-order valence-corrected chi connectivity index (χ1v) is 6.28. The van der Waals surface area contributed by atoms with Crippen LogP contribution in [-0.2, 0) is 11.3 Å². The lowest BCUT2D eigenvalue weighted by Crippen LogP contribution is -2.32. The van der Waals surface area contributed by atoms with Gasteiger partial charge in [-0.1, -0.05) is 11.6 Å². The van der Waals surface area contributed by atoms with Crippen LogP contribution in [0.2, 0.25) is 5.02 Å². The Morgan fingerprint density at radius 2 is 2.30 bits per heavy atom. The minimum atomic E-state index is -0.336. The van der Waals surface area contributed by atoms with Crippen LogP contribution in [0.3, 0.4) is 0 Å².